The van der Waals surface area contributed by atoms with Crippen molar-refractivity contribution in [3.05, 3.63) is 0 Å². The maximum absolute atomic E-state index is 13.1. The van der Waals surface area contributed by atoms with Crippen LogP contribution in [0.1, 0.15) is 119 Å². The molecule has 9 aliphatic rings. The summed E-state index contributed by atoms with van der Waals surface area (Å²) < 4.78 is 31.7. The van der Waals surface area contributed by atoms with Gasteiger partial charge < -0.3 is 33.9 Å². The van der Waals surface area contributed by atoms with E-state index in [-0.39, 0.29) is 63.9 Å². The van der Waals surface area contributed by atoms with Gasteiger partial charge in [0, 0.05) is 12.0 Å². The van der Waals surface area contributed by atoms with Crippen LogP contribution >= 0.6 is 0 Å². The second-order valence-electron chi connectivity index (χ2n) is 20.8. The Kier molecular flexibility index (Phi) is 8.33. The smallest absolute Gasteiger partial charge is 0.309 e. The third kappa shape index (κ3) is 4.92. The highest BCUT2D eigenvalue weighted by Crippen LogP contribution is 2.89. The van der Waals surface area contributed by atoms with Crippen molar-refractivity contribution in [1.82, 2.24) is 4.90 Å². The van der Waals surface area contributed by atoms with E-state index in [1.165, 1.54) is 25.7 Å². The molecule has 6 aliphatic carbocycles. The summed E-state index contributed by atoms with van der Waals surface area (Å²) in [5.74, 6) is 1.29. The van der Waals surface area contributed by atoms with E-state index in [0.717, 1.165) is 77.9 Å². The van der Waals surface area contributed by atoms with Crippen molar-refractivity contribution in [2.45, 2.75) is 168 Å². The van der Waals surface area contributed by atoms with E-state index in [1.54, 1.807) is 13.8 Å². The van der Waals surface area contributed by atoms with Gasteiger partial charge in [0.1, 0.15) is 0 Å². The molecule has 3 heterocycles. The number of hydrogen-bond acceptors (Lipinski definition) is 9. The van der Waals surface area contributed by atoms with Crippen molar-refractivity contribution in [3.63, 3.8) is 0 Å². The number of esters is 1. The molecule has 9 heteroatoms. The topological polar surface area (TPSA) is 107 Å². The summed E-state index contributed by atoms with van der Waals surface area (Å²) in [6.07, 6.45) is 9.64. The molecule has 6 saturated carbocycles. The van der Waals surface area contributed by atoms with Crippen molar-refractivity contribution in [2.75, 3.05) is 32.9 Å². The summed E-state index contributed by atoms with van der Waals surface area (Å²) in [7, 11) is 0. The van der Waals surface area contributed by atoms with E-state index in [4.69, 9.17) is 23.7 Å². The van der Waals surface area contributed by atoms with Crippen molar-refractivity contribution in [3.8, 4) is 0 Å². The number of morpholine rings is 1. The third-order valence-corrected chi connectivity index (χ3v) is 18.0. The monoisotopic (exact) mass is 713 g/mol. The van der Waals surface area contributed by atoms with Crippen LogP contribution in [0.25, 0.3) is 0 Å². The van der Waals surface area contributed by atoms with Gasteiger partial charge in [-0.3, -0.25) is 9.69 Å². The fourth-order valence-electron chi connectivity index (χ4n) is 15.0. The number of carbonyl (C=O) groups is 1. The van der Waals surface area contributed by atoms with Crippen molar-refractivity contribution in [1.29, 1.82) is 0 Å². The lowest BCUT2D eigenvalue weighted by molar-refractivity contribution is -0.256. The number of nitrogens with zero attached hydrogens (tertiary/aromatic N) is 1. The lowest BCUT2D eigenvalue weighted by atomic mass is 9.41. The quantitative estimate of drug-likeness (QED) is 0.321. The number of rotatable bonds is 7. The van der Waals surface area contributed by atoms with Gasteiger partial charge in [-0.05, 0) is 123 Å². The Morgan fingerprint density at radius 3 is 2.37 bits per heavy atom. The Labute approximate surface area is 306 Å². The van der Waals surface area contributed by atoms with E-state index in [2.05, 4.69) is 39.5 Å². The fourth-order valence-corrected chi connectivity index (χ4v) is 15.0. The molecule has 9 fully saturated rings. The molecule has 0 aromatic carbocycles. The molecule has 2 spiro atoms. The first-order chi connectivity index (χ1) is 24.1. The van der Waals surface area contributed by atoms with Crippen molar-refractivity contribution in [2.24, 2.45) is 56.7 Å². The second-order valence-corrected chi connectivity index (χ2v) is 20.8. The molecule has 51 heavy (non-hydrogen) atoms. The average molecular weight is 714 g/mol. The highest BCUT2D eigenvalue weighted by atomic mass is 16.7. The molecule has 0 aromatic heterocycles. The molecule has 3 saturated heterocycles. The van der Waals surface area contributed by atoms with Gasteiger partial charge in [0.15, 0.2) is 12.4 Å². The van der Waals surface area contributed by atoms with Crippen LogP contribution in [0.15, 0.2) is 0 Å². The third-order valence-electron chi connectivity index (χ3n) is 18.0. The first-order valence-electron chi connectivity index (χ1n) is 20.9. The fraction of sp³-hybridized carbons (Fsp3) is 0.976. The van der Waals surface area contributed by atoms with Crippen LogP contribution in [0, 0.1) is 56.7 Å². The van der Waals surface area contributed by atoms with Gasteiger partial charge in [-0.15, -0.1) is 0 Å². The minimum Gasteiger partial charge on any atom is -0.456 e. The van der Waals surface area contributed by atoms with Crippen LogP contribution < -0.4 is 0 Å². The summed E-state index contributed by atoms with van der Waals surface area (Å²) in [5, 5.41) is 24.0. The van der Waals surface area contributed by atoms with E-state index in [9.17, 15) is 15.0 Å². The van der Waals surface area contributed by atoms with Crippen LogP contribution in [0.2, 0.25) is 0 Å². The first kappa shape index (κ1) is 35.9. The Morgan fingerprint density at radius 2 is 1.71 bits per heavy atom. The number of fused-ring (bicyclic) bond motifs is 4. The highest BCUT2D eigenvalue weighted by molar-refractivity contribution is 5.73. The lowest BCUT2D eigenvalue weighted by Gasteiger charge is -2.64. The Bertz CT molecular complexity index is 1370. The molecule has 14 atom stereocenters. The molecular formula is C42H67NO8. The molecule has 288 valence electrons. The molecular weight excluding hydrogens is 646 g/mol. The summed E-state index contributed by atoms with van der Waals surface area (Å²) in [6, 6.07) is 0.508. The van der Waals surface area contributed by atoms with E-state index >= 15 is 0 Å². The molecule has 0 radical (unpaired) electrons. The van der Waals surface area contributed by atoms with Crippen molar-refractivity contribution < 1.29 is 38.7 Å². The number of aliphatic hydroxyl groups is 2. The van der Waals surface area contributed by atoms with Crippen LogP contribution in [-0.2, 0) is 28.5 Å². The number of ether oxygens (including phenoxy) is 5. The largest absolute Gasteiger partial charge is 0.456 e. The zero-order chi connectivity index (χ0) is 35.9. The molecule has 0 amide bonds. The SMILES string of the molecule is C[C@@H]1CC(C(OC(=O)C2CCC2)C(C)(C)O)OC2[C@H]1C1(C)CCC34CC35CCC(O[C@H]3CN(C6COC6)CCO3)C(C)(C)[C@@H]5CCC4[C@]1(C)[C@H]2O. The normalized spacial score (nSPS) is 51.4. The van der Waals surface area contributed by atoms with Crippen LogP contribution in [0.4, 0.5) is 0 Å². The summed E-state index contributed by atoms with van der Waals surface area (Å²) >= 11 is 0. The molecule has 0 aromatic rings. The van der Waals surface area contributed by atoms with Gasteiger partial charge in [0.2, 0.25) is 0 Å². The molecule has 3 aliphatic heterocycles. The average Bonchev–Trinajstić information content (AvgIpc) is 3.64. The molecule has 9 rings (SSSR count). The lowest BCUT2D eigenvalue weighted by Crippen LogP contribution is -2.60. The minimum absolute atomic E-state index is 0.0493. The van der Waals surface area contributed by atoms with Crippen LogP contribution in [0.5, 0.6) is 0 Å². The van der Waals surface area contributed by atoms with Gasteiger partial charge >= 0.3 is 5.97 Å². The number of hydrogen-bond donors (Lipinski definition) is 2. The van der Waals surface area contributed by atoms with Gasteiger partial charge in [-0.2, -0.15) is 0 Å². The Balaban J connectivity index is 0.942. The van der Waals surface area contributed by atoms with E-state index in [0.29, 0.717) is 23.3 Å². The van der Waals surface area contributed by atoms with Crippen molar-refractivity contribution >= 4 is 5.97 Å². The number of aliphatic hydroxyl groups excluding tert-OH is 1. The van der Waals surface area contributed by atoms with Gasteiger partial charge in [0.25, 0.3) is 0 Å². The zero-order valence-corrected chi connectivity index (χ0v) is 32.5. The van der Waals surface area contributed by atoms with Gasteiger partial charge in [-0.1, -0.05) is 41.0 Å². The van der Waals surface area contributed by atoms with Crippen LogP contribution in [0.3, 0.4) is 0 Å². The summed E-state index contributed by atoms with van der Waals surface area (Å²) in [6.45, 7) is 19.8. The standard InChI is InChI=1S/C42H67NO8/c1-24-19-27(35(38(4,5)46)51-36(45)25-9-8-10-25)49-33-32(24)39(6)15-16-42-23-41(42)14-13-30(50-31-20-43(17-18-48-31)26-21-47-22-26)37(2,3)28(41)11-12-29(42)40(39,7)34(33)44/h24-35,44,46H,8-23H2,1-7H3/t24-,27?,28+,29?,30?,31+,32+,33?,34+,35?,39?,40-,41?,42?/m1/s1. The zero-order valence-electron chi connectivity index (χ0n) is 32.5. The minimum atomic E-state index is -1.24. The maximum atomic E-state index is 13.1. The molecule has 9 nitrogen and oxygen atoms in total. The van der Waals surface area contributed by atoms with Crippen LogP contribution in [-0.4, -0.2) is 102 Å². The molecule has 8 unspecified atom stereocenters. The highest BCUT2D eigenvalue weighted by Gasteiger charge is 2.84. The predicted octanol–water partition coefficient (Wildman–Crippen LogP) is 5.72. The van der Waals surface area contributed by atoms with Gasteiger partial charge in [0.05, 0.1) is 68.3 Å². The van der Waals surface area contributed by atoms with E-state index in [1.807, 2.05) is 0 Å². The first-order valence-corrected chi connectivity index (χ1v) is 20.9. The Hall–Kier alpha value is -0.810. The van der Waals surface area contributed by atoms with Gasteiger partial charge in [-0.25, -0.2) is 0 Å². The Morgan fingerprint density at radius 1 is 0.980 bits per heavy atom. The second kappa shape index (κ2) is 11.8. The summed E-state index contributed by atoms with van der Waals surface area (Å²) in [4.78, 5) is 15.6. The maximum Gasteiger partial charge on any atom is 0.309 e. The molecule has 2 N–H and O–H groups in total. The molecule has 0 bridgehead atoms. The predicted molar refractivity (Wildman–Crippen MR) is 190 cm³/mol. The van der Waals surface area contributed by atoms with E-state index < -0.39 is 23.9 Å². The summed E-state index contributed by atoms with van der Waals surface area (Å²) in [5.41, 5.74) is -0.932. The number of carbonyl (C=O) groups excluding carboxylic acids is 1.